The minimum atomic E-state index is -0.877. The molecule has 6 aromatic carbocycles. The predicted molar refractivity (Wildman–Crippen MR) is 301 cm³/mol. The molecular weight excluding hydrogens is 1230 g/mol. The van der Waals surface area contributed by atoms with Gasteiger partial charge in [0.1, 0.15) is 31.8 Å². The smallest absolute Gasteiger partial charge is 0.102 e. The van der Waals surface area contributed by atoms with Gasteiger partial charge < -0.3 is 44.6 Å². The van der Waals surface area contributed by atoms with Gasteiger partial charge in [0.25, 0.3) is 0 Å². The summed E-state index contributed by atoms with van der Waals surface area (Å²) in [6, 6.07) is 77.2. The van der Waals surface area contributed by atoms with Gasteiger partial charge in [0.05, 0.1) is 39.3 Å². The molecule has 8 aromatic rings. The van der Waals surface area contributed by atoms with Crippen LogP contribution in [-0.2, 0) is 42.1 Å². The van der Waals surface area contributed by atoms with Crippen molar-refractivity contribution in [3.63, 3.8) is 0 Å². The van der Waals surface area contributed by atoms with Crippen LogP contribution in [0, 0.1) is 44.6 Å². The van der Waals surface area contributed by atoms with Gasteiger partial charge in [0.15, 0.2) is 0 Å². The molecule has 0 saturated heterocycles. The second-order valence-electron chi connectivity index (χ2n) is 14.4. The molecule has 2 heterocycles. The number of aliphatic imine (C=N–C) groups is 2. The number of hydrogen-bond donors (Lipinski definition) is 0. The fourth-order valence-electron chi connectivity index (χ4n) is 7.32. The van der Waals surface area contributed by atoms with E-state index in [0.29, 0.717) is 0 Å². The summed E-state index contributed by atoms with van der Waals surface area (Å²) in [6.07, 6.45) is 12.0. The third-order valence-corrected chi connectivity index (χ3v) is 15.7. The molecule has 0 radical (unpaired) electrons. The third kappa shape index (κ3) is 20.4. The van der Waals surface area contributed by atoms with Crippen molar-refractivity contribution in [2.24, 2.45) is 9.98 Å². The molecule has 1 aliphatic carbocycles. The monoisotopic (exact) mass is 1300 g/mol. The van der Waals surface area contributed by atoms with Crippen LogP contribution in [0.3, 0.4) is 0 Å². The molecular formula is C60H70N4P2Pt2-4. The Bertz CT molecular complexity index is 2070. The minimum Gasteiger partial charge on any atom is -0.358 e. The van der Waals surface area contributed by atoms with E-state index in [1.165, 1.54) is 44.7 Å². The van der Waals surface area contributed by atoms with Gasteiger partial charge in [-0.15, -0.1) is 0 Å². The molecule has 2 unspecified atom stereocenters. The Morgan fingerprint density at radius 1 is 0.324 bits per heavy atom. The summed E-state index contributed by atoms with van der Waals surface area (Å²) in [5.41, 5.74) is 1.81. The van der Waals surface area contributed by atoms with Crippen molar-refractivity contribution in [2.45, 2.75) is 37.8 Å². The molecule has 0 aliphatic heterocycles. The van der Waals surface area contributed by atoms with Gasteiger partial charge >= 0.3 is 0 Å². The normalized spacial score (nSPS) is 13.1. The average Bonchev–Trinajstić information content (AvgIpc) is 3.34. The SMILES string of the molecule is C(=NC1CCCCC1N=Cc1ccccn1)c1ccccn1.[CH3-].[CH3-].[CH3-].[CH3-].[CH3-].[CH3-].[Pt].[Pt].c1ccc([PH+](c2ccccc2)c2ccccc2)cc1.c1ccc([PH+](c2ccccc2)c2ccccc2)cc1. The molecule has 2 atom stereocenters. The molecule has 68 heavy (non-hydrogen) atoms. The zero-order valence-electron chi connectivity index (χ0n) is 40.5. The molecule has 1 saturated carbocycles. The second-order valence-corrected chi connectivity index (χ2v) is 19.4. The maximum absolute atomic E-state index is 4.73. The van der Waals surface area contributed by atoms with Gasteiger partial charge in [0.2, 0.25) is 0 Å². The summed E-state index contributed by atoms with van der Waals surface area (Å²) in [5.74, 6) is 0. The van der Waals surface area contributed by atoms with Crippen LogP contribution in [0.4, 0.5) is 0 Å². The third-order valence-electron chi connectivity index (χ3n) is 10.2. The van der Waals surface area contributed by atoms with E-state index < -0.39 is 15.8 Å². The zero-order valence-corrected chi connectivity index (χ0v) is 47.0. The summed E-state index contributed by atoms with van der Waals surface area (Å²) in [5, 5.41) is 8.61. The van der Waals surface area contributed by atoms with E-state index in [-0.39, 0.29) is 98.8 Å². The summed E-state index contributed by atoms with van der Waals surface area (Å²) in [7, 11) is -1.75. The largest absolute Gasteiger partial charge is 0.358 e. The number of nitrogens with zero attached hydrogens (tertiary/aromatic N) is 4. The fourth-order valence-corrected chi connectivity index (χ4v) is 12.5. The number of rotatable bonds is 10. The number of pyridine rings is 2. The number of benzene rings is 6. The first-order valence-corrected chi connectivity index (χ1v) is 23.8. The average molecular weight is 1300 g/mol. The summed E-state index contributed by atoms with van der Waals surface area (Å²) >= 11 is 0. The Labute approximate surface area is 443 Å². The van der Waals surface area contributed by atoms with Gasteiger partial charge in [0, 0.05) is 67.0 Å². The minimum absolute atomic E-state index is 0. The fraction of sp³-hybridized carbons (Fsp3) is 0.100. The van der Waals surface area contributed by atoms with Gasteiger partial charge in [-0.3, -0.25) is 20.0 Å². The van der Waals surface area contributed by atoms with Crippen molar-refractivity contribution in [3.8, 4) is 0 Å². The Kier molecular flexibility index (Phi) is 35.7. The molecule has 1 aliphatic rings. The predicted octanol–water partition coefficient (Wildman–Crippen LogP) is 12.4. The second kappa shape index (κ2) is 37.1. The molecule has 0 bridgehead atoms. The Morgan fingerprint density at radius 3 is 0.750 bits per heavy atom. The van der Waals surface area contributed by atoms with E-state index in [1.807, 2.05) is 48.8 Å². The van der Waals surface area contributed by atoms with Crippen LogP contribution in [0.5, 0.6) is 0 Å². The van der Waals surface area contributed by atoms with Crippen LogP contribution in [0.15, 0.2) is 241 Å². The first kappa shape index (κ1) is 65.3. The van der Waals surface area contributed by atoms with Gasteiger partial charge in [-0.25, -0.2) is 0 Å². The molecule has 0 amide bonds. The van der Waals surface area contributed by atoms with Crippen molar-refractivity contribution in [2.75, 3.05) is 0 Å². The van der Waals surface area contributed by atoms with Crippen molar-refractivity contribution < 1.29 is 42.1 Å². The molecule has 364 valence electrons. The van der Waals surface area contributed by atoms with E-state index in [9.17, 15) is 0 Å². The summed E-state index contributed by atoms with van der Waals surface area (Å²) < 4.78 is 0. The first-order chi connectivity index (χ1) is 29.8. The van der Waals surface area contributed by atoms with Crippen molar-refractivity contribution in [3.05, 3.63) is 287 Å². The molecule has 1 fully saturated rings. The Morgan fingerprint density at radius 2 is 0.544 bits per heavy atom. The Balaban J connectivity index is 0. The molecule has 9 rings (SSSR count). The van der Waals surface area contributed by atoms with E-state index >= 15 is 0 Å². The van der Waals surface area contributed by atoms with Crippen LogP contribution in [0.2, 0.25) is 0 Å². The maximum Gasteiger partial charge on any atom is 0.102 e. The topological polar surface area (TPSA) is 50.5 Å². The quantitative estimate of drug-likeness (QED) is 0.0778. The van der Waals surface area contributed by atoms with E-state index in [2.05, 4.69) is 192 Å². The molecule has 8 heteroatoms. The van der Waals surface area contributed by atoms with Crippen molar-refractivity contribution >= 4 is 60.1 Å². The van der Waals surface area contributed by atoms with Crippen LogP contribution in [0.25, 0.3) is 0 Å². The van der Waals surface area contributed by atoms with Crippen LogP contribution in [-0.4, -0.2) is 34.5 Å². The van der Waals surface area contributed by atoms with Crippen molar-refractivity contribution in [1.29, 1.82) is 0 Å². The number of hydrogen-bond acceptors (Lipinski definition) is 4. The molecule has 0 N–H and O–H groups in total. The van der Waals surface area contributed by atoms with Crippen LogP contribution >= 0.6 is 15.8 Å². The van der Waals surface area contributed by atoms with E-state index in [4.69, 9.17) is 9.98 Å². The van der Waals surface area contributed by atoms with Crippen LogP contribution in [0.1, 0.15) is 37.1 Å². The Hall–Kier alpha value is -4.80. The molecule has 0 spiro atoms. The van der Waals surface area contributed by atoms with Gasteiger partial charge in [-0.05, 0) is 110 Å². The molecule has 4 nitrogen and oxygen atoms in total. The van der Waals surface area contributed by atoms with Crippen molar-refractivity contribution in [1.82, 2.24) is 9.97 Å². The summed E-state index contributed by atoms with van der Waals surface area (Å²) in [4.78, 5) is 18.0. The zero-order chi connectivity index (χ0) is 40.9. The van der Waals surface area contributed by atoms with Crippen LogP contribution < -0.4 is 31.8 Å². The molecule has 2 aromatic heterocycles. The summed E-state index contributed by atoms with van der Waals surface area (Å²) in [6.45, 7) is 0. The number of aromatic nitrogens is 2. The maximum atomic E-state index is 4.73. The van der Waals surface area contributed by atoms with E-state index in [0.717, 1.165) is 24.2 Å². The van der Waals surface area contributed by atoms with Gasteiger partial charge in [-0.1, -0.05) is 134 Å². The van der Waals surface area contributed by atoms with Gasteiger partial charge in [-0.2, -0.15) is 0 Å². The standard InChI is InChI=1S/C18H20N4.2C18H15P.6CH3.2Pt/c1-2-10-18(22-14-16-8-4-6-12-20-16)17(9-1)21-13-15-7-3-5-11-19-15;2*1-4-10-16(11-5-1)19(17-12-6-2-7-13-17)18-14-8-3-9-15-18;;;;;;;;/h3-8,11-14,17-18H,1-2,9-10H2;2*1-15H;6*1H3;;/q;;;6*-1;;/p+2. The first-order valence-electron chi connectivity index (χ1n) is 20.8. The van der Waals surface area contributed by atoms with E-state index in [1.54, 1.807) is 12.4 Å².